The van der Waals surface area contributed by atoms with Gasteiger partial charge >= 0.3 is 5.97 Å². The maximum atomic E-state index is 12.2. The summed E-state index contributed by atoms with van der Waals surface area (Å²) in [5, 5.41) is 14.6. The van der Waals surface area contributed by atoms with Crippen molar-refractivity contribution in [2.45, 2.75) is 31.7 Å². The van der Waals surface area contributed by atoms with Crippen LogP contribution in [0, 0.1) is 0 Å². The van der Waals surface area contributed by atoms with E-state index in [1.54, 1.807) is 24.3 Å². The SMILES string of the molecule is O=C(O)c1ccc(C(=O)Nc2ccc(C(=O)NC3CCCC3)cc2)cc1. The summed E-state index contributed by atoms with van der Waals surface area (Å²) in [6.45, 7) is 0. The minimum atomic E-state index is -1.04. The summed E-state index contributed by atoms with van der Waals surface area (Å²) in [6.07, 6.45) is 4.37. The molecular formula is C20H20N2O4. The monoisotopic (exact) mass is 352 g/mol. The van der Waals surface area contributed by atoms with Crippen LogP contribution in [0.2, 0.25) is 0 Å². The second kappa shape index (κ2) is 7.82. The Morgan fingerprint density at radius 3 is 1.85 bits per heavy atom. The summed E-state index contributed by atoms with van der Waals surface area (Å²) < 4.78 is 0. The van der Waals surface area contributed by atoms with Gasteiger partial charge in [0.1, 0.15) is 0 Å². The van der Waals surface area contributed by atoms with Gasteiger partial charge in [-0.15, -0.1) is 0 Å². The summed E-state index contributed by atoms with van der Waals surface area (Å²) in [6, 6.07) is 12.6. The number of hydrogen-bond donors (Lipinski definition) is 3. The zero-order valence-electron chi connectivity index (χ0n) is 14.2. The van der Waals surface area contributed by atoms with Crippen molar-refractivity contribution in [3.05, 3.63) is 65.2 Å². The highest BCUT2D eigenvalue weighted by Gasteiger charge is 2.18. The molecule has 26 heavy (non-hydrogen) atoms. The molecule has 1 aliphatic rings. The van der Waals surface area contributed by atoms with Crippen LogP contribution in [-0.2, 0) is 0 Å². The molecule has 0 atom stereocenters. The third-order valence-electron chi connectivity index (χ3n) is 4.49. The molecule has 2 amide bonds. The highest BCUT2D eigenvalue weighted by molar-refractivity contribution is 6.05. The highest BCUT2D eigenvalue weighted by Crippen LogP contribution is 2.18. The van der Waals surface area contributed by atoms with Crippen molar-refractivity contribution in [1.82, 2.24) is 5.32 Å². The van der Waals surface area contributed by atoms with E-state index in [9.17, 15) is 14.4 Å². The van der Waals surface area contributed by atoms with E-state index in [2.05, 4.69) is 10.6 Å². The average Bonchev–Trinajstić information content (AvgIpc) is 3.15. The fourth-order valence-corrected chi connectivity index (χ4v) is 3.01. The van der Waals surface area contributed by atoms with Gasteiger partial charge in [-0.25, -0.2) is 4.79 Å². The minimum Gasteiger partial charge on any atom is -0.478 e. The predicted molar refractivity (Wildman–Crippen MR) is 97.5 cm³/mol. The molecule has 1 aliphatic carbocycles. The largest absolute Gasteiger partial charge is 0.478 e. The summed E-state index contributed by atoms with van der Waals surface area (Å²) in [5.41, 5.74) is 1.60. The smallest absolute Gasteiger partial charge is 0.335 e. The van der Waals surface area contributed by atoms with Crippen molar-refractivity contribution < 1.29 is 19.5 Å². The van der Waals surface area contributed by atoms with Gasteiger partial charge < -0.3 is 15.7 Å². The molecule has 6 nitrogen and oxygen atoms in total. The summed E-state index contributed by atoms with van der Waals surface area (Å²) in [5.74, 6) is -1.48. The van der Waals surface area contributed by atoms with Crippen molar-refractivity contribution in [3.63, 3.8) is 0 Å². The van der Waals surface area contributed by atoms with Crippen molar-refractivity contribution in [2.24, 2.45) is 0 Å². The van der Waals surface area contributed by atoms with Crippen molar-refractivity contribution in [3.8, 4) is 0 Å². The van der Waals surface area contributed by atoms with Crippen LogP contribution in [0.15, 0.2) is 48.5 Å². The van der Waals surface area contributed by atoms with E-state index in [4.69, 9.17) is 5.11 Å². The zero-order valence-corrected chi connectivity index (χ0v) is 14.2. The van der Waals surface area contributed by atoms with Crippen LogP contribution in [0.25, 0.3) is 0 Å². The molecule has 3 rings (SSSR count). The fraction of sp³-hybridized carbons (Fsp3) is 0.250. The molecule has 2 aromatic carbocycles. The van der Waals surface area contributed by atoms with Crippen molar-refractivity contribution in [1.29, 1.82) is 0 Å². The molecule has 1 fully saturated rings. The van der Waals surface area contributed by atoms with Gasteiger partial charge in [0, 0.05) is 22.9 Å². The number of hydrogen-bond acceptors (Lipinski definition) is 3. The Hall–Kier alpha value is -3.15. The number of carboxylic acids is 1. The van der Waals surface area contributed by atoms with Gasteiger partial charge in [-0.2, -0.15) is 0 Å². The van der Waals surface area contributed by atoms with Crippen LogP contribution >= 0.6 is 0 Å². The normalized spacial score (nSPS) is 14.0. The zero-order chi connectivity index (χ0) is 18.5. The molecular weight excluding hydrogens is 332 g/mol. The molecule has 0 unspecified atom stereocenters. The lowest BCUT2D eigenvalue weighted by atomic mass is 10.1. The maximum absolute atomic E-state index is 12.2. The van der Waals surface area contributed by atoms with E-state index >= 15 is 0 Å². The van der Waals surface area contributed by atoms with E-state index in [1.807, 2.05) is 0 Å². The van der Waals surface area contributed by atoms with Crippen LogP contribution in [0.4, 0.5) is 5.69 Å². The standard InChI is InChI=1S/C20H20N2O4/c23-18(13-5-7-15(8-6-13)20(25)26)22-17-11-9-14(10-12-17)19(24)21-16-3-1-2-4-16/h5-12,16H,1-4H2,(H,21,24)(H,22,23)(H,25,26). The van der Waals surface area contributed by atoms with E-state index in [-0.39, 0.29) is 23.4 Å². The predicted octanol–water partition coefficient (Wildman–Crippen LogP) is 3.31. The van der Waals surface area contributed by atoms with E-state index in [0.717, 1.165) is 25.7 Å². The van der Waals surface area contributed by atoms with Crippen LogP contribution < -0.4 is 10.6 Å². The molecule has 0 radical (unpaired) electrons. The Labute approximate surface area is 151 Å². The Morgan fingerprint density at radius 1 is 0.769 bits per heavy atom. The molecule has 0 aromatic heterocycles. The number of benzene rings is 2. The Morgan fingerprint density at radius 2 is 1.27 bits per heavy atom. The van der Waals surface area contributed by atoms with Crippen molar-refractivity contribution in [2.75, 3.05) is 5.32 Å². The second-order valence-corrected chi connectivity index (χ2v) is 6.37. The number of anilines is 1. The number of amides is 2. The van der Waals surface area contributed by atoms with Crippen LogP contribution in [0.5, 0.6) is 0 Å². The first-order valence-corrected chi connectivity index (χ1v) is 8.58. The topological polar surface area (TPSA) is 95.5 Å². The molecule has 0 saturated heterocycles. The third-order valence-corrected chi connectivity index (χ3v) is 4.49. The number of carboxylic acid groups (broad SMARTS) is 1. The number of nitrogens with one attached hydrogen (secondary N) is 2. The number of aromatic carboxylic acids is 1. The molecule has 0 bridgehead atoms. The molecule has 134 valence electrons. The molecule has 2 aromatic rings. The lowest BCUT2D eigenvalue weighted by Crippen LogP contribution is -2.32. The third kappa shape index (κ3) is 4.27. The Balaban J connectivity index is 1.60. The van der Waals surface area contributed by atoms with Crippen molar-refractivity contribution >= 4 is 23.5 Å². The van der Waals surface area contributed by atoms with Gasteiger partial charge in [0.2, 0.25) is 0 Å². The fourth-order valence-electron chi connectivity index (χ4n) is 3.01. The second-order valence-electron chi connectivity index (χ2n) is 6.37. The molecule has 0 spiro atoms. The summed E-state index contributed by atoms with van der Waals surface area (Å²) in [4.78, 5) is 35.2. The summed E-state index contributed by atoms with van der Waals surface area (Å²) in [7, 11) is 0. The van der Waals surface area contributed by atoms with Gasteiger partial charge in [0.15, 0.2) is 0 Å². The van der Waals surface area contributed by atoms with E-state index < -0.39 is 5.97 Å². The van der Waals surface area contributed by atoms with Gasteiger partial charge in [0.25, 0.3) is 11.8 Å². The average molecular weight is 352 g/mol. The Bertz CT molecular complexity index is 807. The van der Waals surface area contributed by atoms with Gasteiger partial charge in [-0.1, -0.05) is 12.8 Å². The van der Waals surface area contributed by atoms with E-state index in [0.29, 0.717) is 16.8 Å². The number of carbonyl (C=O) groups is 3. The lowest BCUT2D eigenvalue weighted by Gasteiger charge is -2.12. The quantitative estimate of drug-likeness (QED) is 0.769. The first-order valence-electron chi connectivity index (χ1n) is 8.58. The maximum Gasteiger partial charge on any atom is 0.335 e. The first-order chi connectivity index (χ1) is 12.5. The van der Waals surface area contributed by atoms with Gasteiger partial charge in [-0.05, 0) is 61.4 Å². The molecule has 6 heteroatoms. The summed E-state index contributed by atoms with van der Waals surface area (Å²) >= 11 is 0. The van der Waals surface area contributed by atoms with E-state index in [1.165, 1.54) is 24.3 Å². The molecule has 0 aliphatic heterocycles. The van der Waals surface area contributed by atoms with Crippen LogP contribution in [0.3, 0.4) is 0 Å². The Kier molecular flexibility index (Phi) is 5.31. The molecule has 3 N–H and O–H groups in total. The van der Waals surface area contributed by atoms with Gasteiger partial charge in [0.05, 0.1) is 5.56 Å². The van der Waals surface area contributed by atoms with Crippen LogP contribution in [-0.4, -0.2) is 28.9 Å². The highest BCUT2D eigenvalue weighted by atomic mass is 16.4. The number of rotatable bonds is 5. The minimum absolute atomic E-state index is 0.0981. The van der Waals surface area contributed by atoms with Crippen LogP contribution in [0.1, 0.15) is 56.8 Å². The number of carbonyl (C=O) groups excluding carboxylic acids is 2. The molecule has 0 heterocycles. The lowest BCUT2D eigenvalue weighted by molar-refractivity contribution is 0.0696. The molecule has 1 saturated carbocycles. The first kappa shape index (κ1) is 17.7. The van der Waals surface area contributed by atoms with Gasteiger partial charge in [-0.3, -0.25) is 9.59 Å².